The van der Waals surface area contributed by atoms with E-state index in [1.807, 2.05) is 6.07 Å². The number of aryl methyl sites for hydroxylation is 2. The van der Waals surface area contributed by atoms with Gasteiger partial charge in [0.2, 0.25) is 0 Å². The van der Waals surface area contributed by atoms with Crippen LogP contribution in [0.15, 0.2) is 303 Å². The summed E-state index contributed by atoms with van der Waals surface area (Å²) in [6.45, 7) is 17.6. The SMILES string of the molecule is [2H]c1c([2H])c([2H])c2c(c1[2H])c1c([2H])c([2H])c([2H])c([2H])c1n2-c1ccc2c(c1)N(c1c(C)cccc1C)c1cc(C(C)(C)C)cc3c1B2c1cc(-c2ccc([Si](c4ccccc4)(c4ccccc4)c4ccccc4)cc2)ccc1N3c1c(-c2ccccc2)cc(C(C)(C)C)cc1-c1ccccc1. The van der Waals surface area contributed by atoms with Gasteiger partial charge in [0.05, 0.1) is 33.4 Å². The van der Waals surface area contributed by atoms with Gasteiger partial charge in [-0.05, 0) is 161 Å². The van der Waals surface area contributed by atoms with Gasteiger partial charge in [-0.3, -0.25) is 0 Å². The Morgan fingerprint density at radius 1 is 0.355 bits per heavy atom. The number of hydrogen-bond acceptors (Lipinski definition) is 2. The zero-order valence-corrected chi connectivity index (χ0v) is 54.7. The predicted molar refractivity (Wildman–Crippen MR) is 402 cm³/mol. The van der Waals surface area contributed by atoms with Crippen molar-refractivity contribution in [3.8, 4) is 39.1 Å². The standard InChI is InChI=1S/C88H74BN3Si/c1-59-29-28-30-60(2)85(59)92-81-58-67(90-78-43-26-24-41-72(78)73-42-25-27-44-79(73)90)48-51-76(81)89-77-53-64(61-45-49-71(50-46-61)93(68-35-18-11-19-36-68,69-37-20-12-21-38-69)70-39-22-13-23-40-70)47-52-80(77)91(82-56-66(88(6,7)8)57-83(92)84(82)89)86-74(62-31-14-9-15-32-62)54-65(87(3,4)5)55-75(86)63-33-16-10-17-34-63/h9-58H,1-8H3/i24D,25D,26D,27D,41D,42D,43D,44D. The Balaban J connectivity index is 1.03. The minimum atomic E-state index is -2.90. The van der Waals surface area contributed by atoms with E-state index < -0.39 is 44.4 Å². The van der Waals surface area contributed by atoms with Crippen LogP contribution in [0.25, 0.3) is 60.9 Å². The van der Waals surface area contributed by atoms with Crippen LogP contribution in [-0.4, -0.2) is 19.4 Å². The van der Waals surface area contributed by atoms with E-state index in [0.29, 0.717) is 5.69 Å². The first kappa shape index (κ1) is 49.3. The first-order valence-corrected chi connectivity index (χ1v) is 34.3. The second kappa shape index (κ2) is 22.4. The van der Waals surface area contributed by atoms with Gasteiger partial charge in [-0.25, -0.2) is 0 Å². The normalized spacial score (nSPS) is 14.1. The second-order valence-corrected chi connectivity index (χ2v) is 31.0. The second-order valence-electron chi connectivity index (χ2n) is 27.1. The summed E-state index contributed by atoms with van der Waals surface area (Å²) >= 11 is 0. The average Bonchev–Trinajstić information content (AvgIpc) is 1.68. The molecule has 3 heterocycles. The van der Waals surface area contributed by atoms with Gasteiger partial charge in [0.15, 0.2) is 8.07 Å². The van der Waals surface area contributed by atoms with Gasteiger partial charge >= 0.3 is 0 Å². The fraction of sp³-hybridized carbons (Fsp3) is 0.114. The van der Waals surface area contributed by atoms with E-state index in [-0.39, 0.29) is 51.4 Å². The van der Waals surface area contributed by atoms with Crippen molar-refractivity contribution in [2.75, 3.05) is 9.80 Å². The van der Waals surface area contributed by atoms with Gasteiger partial charge in [-0.2, -0.15) is 0 Å². The van der Waals surface area contributed by atoms with E-state index >= 15 is 0 Å². The highest BCUT2D eigenvalue weighted by Gasteiger charge is 2.47. The highest BCUT2D eigenvalue weighted by Crippen LogP contribution is 2.53. The molecular weight excluding hydrogens is 1140 g/mol. The Morgan fingerprint density at radius 2 is 0.796 bits per heavy atom. The molecule has 13 aromatic carbocycles. The highest BCUT2D eigenvalue weighted by atomic mass is 28.3. The third kappa shape index (κ3) is 9.46. The Hall–Kier alpha value is -10.5. The number of hydrogen-bond donors (Lipinski definition) is 0. The van der Waals surface area contributed by atoms with Crippen molar-refractivity contribution in [2.45, 2.75) is 66.2 Å². The molecule has 14 aromatic rings. The maximum atomic E-state index is 9.65. The van der Waals surface area contributed by atoms with Crippen molar-refractivity contribution in [3.63, 3.8) is 0 Å². The van der Waals surface area contributed by atoms with E-state index in [4.69, 9.17) is 5.48 Å². The third-order valence-electron chi connectivity index (χ3n) is 19.5. The van der Waals surface area contributed by atoms with Crippen LogP contribution >= 0.6 is 0 Å². The lowest BCUT2D eigenvalue weighted by atomic mass is 9.33. The maximum absolute atomic E-state index is 9.65. The lowest BCUT2D eigenvalue weighted by Crippen LogP contribution is -2.74. The van der Waals surface area contributed by atoms with Gasteiger partial charge in [-0.1, -0.05) is 290 Å². The van der Waals surface area contributed by atoms with Gasteiger partial charge in [0, 0.05) is 50.3 Å². The summed E-state index contributed by atoms with van der Waals surface area (Å²) in [5, 5.41) is 5.21. The number of rotatable bonds is 10. The van der Waals surface area contributed by atoms with Gasteiger partial charge < -0.3 is 14.4 Å². The third-order valence-corrected chi connectivity index (χ3v) is 24.3. The number of anilines is 6. The maximum Gasteiger partial charge on any atom is 0.252 e. The molecule has 0 radical (unpaired) electrons. The van der Waals surface area contributed by atoms with Gasteiger partial charge in [0.1, 0.15) is 0 Å². The molecule has 0 spiro atoms. The zero-order valence-electron chi connectivity index (χ0n) is 61.7. The topological polar surface area (TPSA) is 11.4 Å². The van der Waals surface area contributed by atoms with E-state index in [0.717, 1.165) is 101 Å². The lowest BCUT2D eigenvalue weighted by Gasteiger charge is -2.46. The molecule has 0 saturated heterocycles. The van der Waals surface area contributed by atoms with Crippen molar-refractivity contribution in [1.82, 2.24) is 4.57 Å². The lowest BCUT2D eigenvalue weighted by molar-refractivity contribution is 0.590. The molecule has 2 aliphatic rings. The fourth-order valence-corrected chi connectivity index (χ4v) is 19.8. The van der Waals surface area contributed by atoms with Crippen molar-refractivity contribution >= 4 is 108 Å². The molecule has 5 heteroatoms. The van der Waals surface area contributed by atoms with E-state index in [1.165, 1.54) is 26.3 Å². The van der Waals surface area contributed by atoms with Crippen LogP contribution in [0.5, 0.6) is 0 Å². The zero-order chi connectivity index (χ0) is 70.3. The van der Waals surface area contributed by atoms with Crippen molar-refractivity contribution in [1.29, 1.82) is 0 Å². The van der Waals surface area contributed by atoms with Crippen LogP contribution in [-0.2, 0) is 10.8 Å². The van der Waals surface area contributed by atoms with Crippen molar-refractivity contribution in [2.24, 2.45) is 0 Å². The summed E-state index contributed by atoms with van der Waals surface area (Å²) in [4.78, 5) is 4.98. The van der Waals surface area contributed by atoms with Crippen molar-refractivity contribution in [3.05, 3.63) is 325 Å². The molecule has 0 aliphatic carbocycles. The highest BCUT2D eigenvalue weighted by molar-refractivity contribution is 7.19. The van der Waals surface area contributed by atoms with Crippen LogP contribution in [0.4, 0.5) is 34.1 Å². The molecule has 0 bridgehead atoms. The van der Waals surface area contributed by atoms with Crippen LogP contribution in [0.2, 0.25) is 0 Å². The van der Waals surface area contributed by atoms with E-state index in [9.17, 15) is 5.48 Å². The average molecular weight is 1220 g/mol. The summed E-state index contributed by atoms with van der Waals surface area (Å²) in [6.07, 6.45) is 0. The molecule has 448 valence electrons. The Labute approximate surface area is 560 Å². The van der Waals surface area contributed by atoms with E-state index in [1.54, 1.807) is 4.57 Å². The van der Waals surface area contributed by atoms with Crippen LogP contribution in [0.3, 0.4) is 0 Å². The van der Waals surface area contributed by atoms with Crippen LogP contribution in [0, 0.1) is 13.8 Å². The summed E-state index contributed by atoms with van der Waals surface area (Å²) in [5.41, 5.74) is 19.8. The van der Waals surface area contributed by atoms with Crippen molar-refractivity contribution < 1.29 is 11.0 Å². The largest absolute Gasteiger partial charge is 0.311 e. The quantitative estimate of drug-likeness (QED) is 0.0999. The summed E-state index contributed by atoms with van der Waals surface area (Å²) in [5.74, 6) is 0. The molecule has 0 fully saturated rings. The molecule has 0 unspecified atom stereocenters. The number of nitrogens with zero attached hydrogens (tertiary/aromatic N) is 3. The molecule has 16 rings (SSSR count). The van der Waals surface area contributed by atoms with Gasteiger partial charge in [-0.15, -0.1) is 0 Å². The molecule has 3 nitrogen and oxygen atoms in total. The van der Waals surface area contributed by atoms with Crippen LogP contribution < -0.4 is 46.9 Å². The Kier molecular flexibility index (Phi) is 11.9. The predicted octanol–water partition coefficient (Wildman–Crippen LogP) is 18.5. The molecule has 0 saturated carbocycles. The van der Waals surface area contributed by atoms with Gasteiger partial charge in [0.25, 0.3) is 6.71 Å². The first-order valence-electron chi connectivity index (χ1n) is 36.3. The van der Waals surface area contributed by atoms with E-state index in [2.05, 4.69) is 314 Å². The Morgan fingerprint density at radius 3 is 1.29 bits per heavy atom. The summed E-state index contributed by atoms with van der Waals surface area (Å²) < 4.78 is 75.9. The molecule has 0 N–H and O–H groups in total. The summed E-state index contributed by atoms with van der Waals surface area (Å²) in [6, 6.07) is 90.0. The number of fused-ring (bicyclic) bond motifs is 7. The smallest absolute Gasteiger partial charge is 0.252 e. The molecular formula is C88H74BN3Si. The summed E-state index contributed by atoms with van der Waals surface area (Å²) in [7, 11) is -2.90. The number of aromatic nitrogens is 1. The number of benzene rings is 13. The molecule has 1 aromatic heterocycles. The minimum Gasteiger partial charge on any atom is -0.311 e. The molecule has 2 aliphatic heterocycles. The minimum absolute atomic E-state index is 0.0301. The molecule has 0 atom stereocenters. The number of para-hydroxylation sites is 3. The molecule has 0 amide bonds. The fourth-order valence-electron chi connectivity index (χ4n) is 15.0. The first-order chi connectivity index (χ1) is 48.6. The Bertz CT molecular complexity index is 5420. The van der Waals surface area contributed by atoms with Crippen LogP contribution in [0.1, 0.15) is 74.8 Å². The molecule has 93 heavy (non-hydrogen) atoms. The monoisotopic (exact) mass is 1220 g/mol.